The second-order valence-electron chi connectivity index (χ2n) is 3.11. The molecule has 0 aromatic heterocycles. The van der Waals surface area contributed by atoms with Crippen molar-refractivity contribution in [1.82, 2.24) is 4.67 Å². The average Bonchev–Trinajstić information content (AvgIpc) is 2.25. The van der Waals surface area contributed by atoms with Crippen molar-refractivity contribution in [2.75, 3.05) is 13.7 Å². The summed E-state index contributed by atoms with van der Waals surface area (Å²) >= 11 is 12.3. The molecular formula is C9H20NOPS3. The van der Waals surface area contributed by atoms with Gasteiger partial charge < -0.3 is 9.19 Å². The van der Waals surface area contributed by atoms with Crippen LogP contribution in [0.1, 0.15) is 33.6 Å². The molecule has 0 aliphatic heterocycles. The highest BCUT2D eigenvalue weighted by atomic mass is 32.9. The van der Waals surface area contributed by atoms with Gasteiger partial charge in [0.05, 0.1) is 12.1 Å². The van der Waals surface area contributed by atoms with Gasteiger partial charge in [-0.2, -0.15) is 0 Å². The molecule has 0 heterocycles. The standard InChI is InChI=1S/C9H20NOPS3/c1-5-9(6-2)15-12(14,11-7-3)10(4)8-13/h8-9H,5-7H2,1-4H3. The van der Waals surface area contributed by atoms with Gasteiger partial charge in [-0.15, -0.1) is 0 Å². The predicted octanol–water partition coefficient (Wildman–Crippen LogP) is 4.06. The van der Waals surface area contributed by atoms with Gasteiger partial charge in [-0.05, 0) is 31.6 Å². The quantitative estimate of drug-likeness (QED) is 0.491. The Morgan fingerprint density at radius 2 is 1.93 bits per heavy atom. The van der Waals surface area contributed by atoms with Gasteiger partial charge >= 0.3 is 0 Å². The second-order valence-corrected chi connectivity index (χ2v) is 10.3. The minimum atomic E-state index is -1.98. The number of hydrogen-bond acceptors (Lipinski definition) is 4. The summed E-state index contributed by atoms with van der Waals surface area (Å²) < 4.78 is 7.63. The number of thiocarbonyl (C=S) groups is 1. The molecule has 0 aliphatic carbocycles. The first-order chi connectivity index (χ1) is 7.03. The van der Waals surface area contributed by atoms with Crippen molar-refractivity contribution in [3.8, 4) is 0 Å². The third kappa shape index (κ3) is 5.14. The molecule has 0 fully saturated rings. The van der Waals surface area contributed by atoms with Crippen LogP contribution in [0, 0.1) is 0 Å². The van der Waals surface area contributed by atoms with Gasteiger partial charge in [-0.1, -0.05) is 37.4 Å². The van der Waals surface area contributed by atoms with Crippen LogP contribution in [0.5, 0.6) is 0 Å². The van der Waals surface area contributed by atoms with Crippen LogP contribution in [-0.4, -0.2) is 29.1 Å². The molecule has 15 heavy (non-hydrogen) atoms. The van der Waals surface area contributed by atoms with Crippen molar-refractivity contribution in [3.63, 3.8) is 0 Å². The van der Waals surface area contributed by atoms with Crippen LogP contribution in [0.4, 0.5) is 0 Å². The Balaban J connectivity index is 4.63. The number of hydrogen-bond donors (Lipinski definition) is 0. The maximum absolute atomic E-state index is 5.73. The first-order valence-corrected chi connectivity index (χ1v) is 9.78. The summed E-state index contributed by atoms with van der Waals surface area (Å²) in [6.07, 6.45) is 2.25. The van der Waals surface area contributed by atoms with E-state index in [1.807, 2.05) is 18.6 Å². The van der Waals surface area contributed by atoms with Crippen molar-refractivity contribution >= 4 is 46.5 Å². The molecule has 0 radical (unpaired) electrons. The minimum absolute atomic E-state index is 0.569. The fourth-order valence-corrected chi connectivity index (χ4v) is 7.97. The minimum Gasteiger partial charge on any atom is -0.327 e. The SMILES string of the molecule is CCOP(=S)(SC(CC)CC)N(C)C=S. The normalized spacial score (nSPS) is 15.0. The van der Waals surface area contributed by atoms with E-state index in [1.54, 1.807) is 16.9 Å². The lowest BCUT2D eigenvalue weighted by molar-refractivity contribution is 0.369. The second kappa shape index (κ2) is 8.02. The Hall–Kier alpha value is 0.850. The zero-order valence-electron chi connectivity index (χ0n) is 9.80. The maximum atomic E-state index is 5.73. The van der Waals surface area contributed by atoms with E-state index in [-0.39, 0.29) is 0 Å². The smallest absolute Gasteiger partial charge is 0.213 e. The van der Waals surface area contributed by atoms with E-state index in [9.17, 15) is 0 Å². The third-order valence-electron chi connectivity index (χ3n) is 2.02. The zero-order valence-corrected chi connectivity index (χ0v) is 13.1. The van der Waals surface area contributed by atoms with E-state index < -0.39 is 5.62 Å². The molecule has 1 unspecified atom stereocenters. The van der Waals surface area contributed by atoms with Crippen molar-refractivity contribution in [2.45, 2.75) is 38.9 Å². The molecule has 0 spiro atoms. The summed E-state index contributed by atoms with van der Waals surface area (Å²) in [5.41, 5.74) is -0.373. The molecule has 90 valence electrons. The first kappa shape index (κ1) is 15.9. The van der Waals surface area contributed by atoms with Crippen molar-refractivity contribution < 1.29 is 4.52 Å². The Labute approximate surface area is 108 Å². The lowest BCUT2D eigenvalue weighted by atomic mass is 10.3. The molecule has 0 bridgehead atoms. The van der Waals surface area contributed by atoms with Crippen molar-refractivity contribution in [1.29, 1.82) is 0 Å². The van der Waals surface area contributed by atoms with Gasteiger partial charge in [0, 0.05) is 12.3 Å². The number of nitrogens with zero attached hydrogens (tertiary/aromatic N) is 1. The molecule has 1 atom stereocenters. The summed E-state index contributed by atoms with van der Waals surface area (Å²) in [4.78, 5) is 0. The van der Waals surface area contributed by atoms with E-state index in [2.05, 4.69) is 13.8 Å². The molecule has 0 N–H and O–H groups in total. The van der Waals surface area contributed by atoms with Crippen LogP contribution in [0.15, 0.2) is 0 Å². The van der Waals surface area contributed by atoms with Crippen LogP contribution in [0.2, 0.25) is 0 Å². The summed E-state index contributed by atoms with van der Waals surface area (Å²) in [5, 5.41) is 0.569. The van der Waals surface area contributed by atoms with Crippen molar-refractivity contribution in [3.05, 3.63) is 0 Å². The fraction of sp³-hybridized carbons (Fsp3) is 0.889. The fourth-order valence-electron chi connectivity index (χ4n) is 1.04. The van der Waals surface area contributed by atoms with E-state index in [4.69, 9.17) is 28.5 Å². The van der Waals surface area contributed by atoms with Gasteiger partial charge in [-0.25, -0.2) is 0 Å². The highest BCUT2D eigenvalue weighted by Gasteiger charge is 2.25. The Morgan fingerprint density at radius 3 is 2.27 bits per heavy atom. The molecule has 2 nitrogen and oxygen atoms in total. The molecular weight excluding hydrogens is 265 g/mol. The number of rotatable bonds is 8. The molecule has 0 aliphatic rings. The van der Waals surface area contributed by atoms with E-state index in [0.29, 0.717) is 11.9 Å². The van der Waals surface area contributed by atoms with Gasteiger partial charge in [0.25, 0.3) is 0 Å². The average molecular weight is 285 g/mol. The first-order valence-electron chi connectivity index (χ1n) is 5.15. The molecule has 0 aromatic carbocycles. The Morgan fingerprint density at radius 1 is 1.40 bits per heavy atom. The summed E-state index contributed by atoms with van der Waals surface area (Å²) in [5.74, 6) is 0. The van der Waals surface area contributed by atoms with Gasteiger partial charge in [0.15, 0.2) is 0 Å². The van der Waals surface area contributed by atoms with Crippen molar-refractivity contribution in [2.24, 2.45) is 0 Å². The van der Waals surface area contributed by atoms with Crippen LogP contribution >= 0.6 is 29.2 Å². The molecule has 0 aromatic rings. The van der Waals surface area contributed by atoms with E-state index in [0.717, 1.165) is 12.8 Å². The Kier molecular flexibility index (Phi) is 8.47. The van der Waals surface area contributed by atoms with Crippen LogP contribution in [0.25, 0.3) is 0 Å². The summed E-state index contributed by atoms with van der Waals surface area (Å²) in [7, 11) is 1.92. The maximum Gasteiger partial charge on any atom is 0.213 e. The molecule has 0 saturated heterocycles. The summed E-state index contributed by atoms with van der Waals surface area (Å²) in [6, 6.07) is 0. The highest BCUT2D eigenvalue weighted by Crippen LogP contribution is 2.63. The molecule has 0 saturated carbocycles. The highest BCUT2D eigenvalue weighted by molar-refractivity contribution is 8.69. The monoisotopic (exact) mass is 285 g/mol. The Bertz CT molecular complexity index is 233. The van der Waals surface area contributed by atoms with Gasteiger partial charge in [0.2, 0.25) is 5.62 Å². The lowest BCUT2D eigenvalue weighted by Crippen LogP contribution is -2.13. The van der Waals surface area contributed by atoms with Crippen LogP contribution in [-0.2, 0) is 16.3 Å². The van der Waals surface area contributed by atoms with Gasteiger partial charge in [-0.3, -0.25) is 0 Å². The third-order valence-corrected chi connectivity index (χ3v) is 9.85. The van der Waals surface area contributed by atoms with E-state index in [1.165, 1.54) is 0 Å². The van der Waals surface area contributed by atoms with E-state index >= 15 is 0 Å². The van der Waals surface area contributed by atoms with Gasteiger partial charge in [0.1, 0.15) is 0 Å². The summed E-state index contributed by atoms with van der Waals surface area (Å²) in [6.45, 7) is 7.00. The molecule has 6 heteroatoms. The topological polar surface area (TPSA) is 12.5 Å². The largest absolute Gasteiger partial charge is 0.327 e. The lowest BCUT2D eigenvalue weighted by Gasteiger charge is -2.31. The zero-order chi connectivity index (χ0) is 11.9. The van der Waals surface area contributed by atoms with Crippen LogP contribution < -0.4 is 0 Å². The molecule has 0 rings (SSSR count). The predicted molar refractivity (Wildman–Crippen MR) is 79.3 cm³/mol. The molecule has 0 amide bonds. The van der Waals surface area contributed by atoms with Crippen LogP contribution in [0.3, 0.4) is 0 Å².